The predicted molar refractivity (Wildman–Crippen MR) is 157 cm³/mol. The maximum absolute atomic E-state index is 14.9. The van der Waals surface area contributed by atoms with Crippen LogP contribution in [0.4, 0.5) is 14.6 Å². The molecule has 2 heterocycles. The first-order valence-electron chi connectivity index (χ1n) is 13.6. The number of hydrogen-bond donors (Lipinski definition) is 1. The Labute approximate surface area is 246 Å². The molecule has 40 heavy (non-hydrogen) atoms. The van der Waals surface area contributed by atoms with E-state index in [9.17, 15) is 18.4 Å². The lowest BCUT2D eigenvalue weighted by atomic mass is 9.94. The van der Waals surface area contributed by atoms with Crippen molar-refractivity contribution < 1.29 is 23.1 Å². The quantitative estimate of drug-likeness (QED) is 0.232. The summed E-state index contributed by atoms with van der Waals surface area (Å²) >= 11 is 9.82. The Kier molecular flexibility index (Phi) is 10.4. The molecule has 0 saturated carbocycles. The van der Waals surface area contributed by atoms with E-state index >= 15 is 0 Å². The summed E-state index contributed by atoms with van der Waals surface area (Å²) in [4.78, 5) is 33.5. The molecule has 2 atom stereocenters. The van der Waals surface area contributed by atoms with Crippen molar-refractivity contribution in [1.82, 2.24) is 10.3 Å². The standard InChI is InChI=1S/C30H33BrClF2N3O3/c1-3-8-25(34)40-26(38)15-19(28-22(32)9-7-10-23(28)33)17-35-30(39)27-18(2)29(37-13-5-4-6-14-37)36-24-12-11-20(31)16-21(24)27/h7,9-12,16,19,25H,3-6,8,13-15,17H2,1-2H3,(H,35,39). The molecule has 6 nitrogen and oxygen atoms in total. The molecule has 1 amide bonds. The number of aromatic nitrogens is 1. The SMILES string of the molecule is CCCC(F)OC(=O)CC(CNC(=O)c1c(C)c(N2CCCCC2)nc2ccc(Br)cc12)c1c(F)cccc1Cl. The van der Waals surface area contributed by atoms with Crippen LogP contribution in [0.25, 0.3) is 10.9 Å². The fourth-order valence-electron chi connectivity index (χ4n) is 5.18. The summed E-state index contributed by atoms with van der Waals surface area (Å²) in [6.07, 6.45) is 1.74. The van der Waals surface area contributed by atoms with Gasteiger partial charge in [0.25, 0.3) is 5.91 Å². The molecule has 4 rings (SSSR count). The zero-order valence-electron chi connectivity index (χ0n) is 22.6. The number of alkyl halides is 1. The summed E-state index contributed by atoms with van der Waals surface area (Å²) in [5.74, 6) is -1.95. The number of carbonyl (C=O) groups excluding carboxylic acids is 2. The monoisotopic (exact) mass is 635 g/mol. The van der Waals surface area contributed by atoms with Gasteiger partial charge < -0.3 is 15.0 Å². The van der Waals surface area contributed by atoms with Crippen molar-refractivity contribution in [2.24, 2.45) is 0 Å². The minimum Gasteiger partial charge on any atom is -0.431 e. The van der Waals surface area contributed by atoms with Gasteiger partial charge in [-0.15, -0.1) is 0 Å². The fourth-order valence-corrected chi connectivity index (χ4v) is 5.86. The molecule has 2 aromatic carbocycles. The van der Waals surface area contributed by atoms with Crippen molar-refractivity contribution in [3.05, 3.63) is 68.4 Å². The molecule has 1 aliphatic rings. The van der Waals surface area contributed by atoms with Crippen LogP contribution in [-0.2, 0) is 9.53 Å². The molecule has 0 spiro atoms. The number of esters is 1. The summed E-state index contributed by atoms with van der Waals surface area (Å²) in [6, 6.07) is 9.80. The lowest BCUT2D eigenvalue weighted by molar-refractivity contribution is -0.158. The number of halogens is 4. The van der Waals surface area contributed by atoms with E-state index in [4.69, 9.17) is 21.3 Å². The van der Waals surface area contributed by atoms with Gasteiger partial charge in [-0.2, -0.15) is 0 Å². The van der Waals surface area contributed by atoms with Gasteiger partial charge in [-0.05, 0) is 62.9 Å². The van der Waals surface area contributed by atoms with Gasteiger partial charge in [0, 0.05) is 58.0 Å². The largest absolute Gasteiger partial charge is 0.431 e. The lowest BCUT2D eigenvalue weighted by Crippen LogP contribution is -2.33. The Morgan fingerprint density at radius 3 is 2.65 bits per heavy atom. The second-order valence-corrected chi connectivity index (χ2v) is 11.4. The van der Waals surface area contributed by atoms with Crippen LogP contribution in [0.1, 0.15) is 72.9 Å². The highest BCUT2D eigenvalue weighted by Crippen LogP contribution is 2.33. The van der Waals surface area contributed by atoms with Gasteiger partial charge in [0.15, 0.2) is 0 Å². The van der Waals surface area contributed by atoms with Crippen molar-refractivity contribution in [2.45, 2.75) is 64.6 Å². The molecular weight excluding hydrogens is 604 g/mol. The Morgan fingerprint density at radius 2 is 1.95 bits per heavy atom. The summed E-state index contributed by atoms with van der Waals surface area (Å²) < 4.78 is 34.6. The van der Waals surface area contributed by atoms with Crippen LogP contribution in [0.15, 0.2) is 40.9 Å². The normalized spacial score (nSPS) is 15.1. The molecule has 3 aromatic rings. The molecule has 0 radical (unpaired) electrons. The van der Waals surface area contributed by atoms with E-state index in [1.807, 2.05) is 25.1 Å². The first-order chi connectivity index (χ1) is 19.2. The van der Waals surface area contributed by atoms with Gasteiger partial charge in [-0.25, -0.2) is 13.8 Å². The number of rotatable bonds is 10. The third-order valence-corrected chi connectivity index (χ3v) is 7.98. The maximum Gasteiger partial charge on any atom is 0.309 e. The van der Waals surface area contributed by atoms with E-state index in [-0.39, 0.29) is 35.9 Å². The Balaban J connectivity index is 1.65. The molecule has 1 fully saturated rings. The zero-order valence-corrected chi connectivity index (χ0v) is 25.0. The Bertz CT molecular complexity index is 1360. The average molecular weight is 637 g/mol. The minimum atomic E-state index is -1.75. The number of nitrogens with one attached hydrogen (secondary N) is 1. The van der Waals surface area contributed by atoms with Crippen LogP contribution in [-0.4, -0.2) is 42.9 Å². The number of anilines is 1. The second-order valence-electron chi connectivity index (χ2n) is 10.1. The molecular formula is C30H33BrClF2N3O3. The highest BCUT2D eigenvalue weighted by molar-refractivity contribution is 9.10. The van der Waals surface area contributed by atoms with Gasteiger partial charge in [0.2, 0.25) is 6.36 Å². The van der Waals surface area contributed by atoms with E-state index in [1.54, 1.807) is 6.92 Å². The molecule has 10 heteroatoms. The highest BCUT2D eigenvalue weighted by atomic mass is 79.9. The number of amides is 1. The number of ether oxygens (including phenoxy) is 1. The van der Waals surface area contributed by atoms with Gasteiger partial charge in [0.05, 0.1) is 17.5 Å². The van der Waals surface area contributed by atoms with Crippen LogP contribution in [0, 0.1) is 12.7 Å². The number of nitrogens with zero attached hydrogens (tertiary/aromatic N) is 2. The number of piperidine rings is 1. The first-order valence-corrected chi connectivity index (χ1v) is 14.8. The summed E-state index contributed by atoms with van der Waals surface area (Å²) in [5.41, 5.74) is 1.95. The van der Waals surface area contributed by atoms with Crippen LogP contribution in [0.3, 0.4) is 0 Å². The fraction of sp³-hybridized carbons (Fsp3) is 0.433. The molecule has 214 valence electrons. The van der Waals surface area contributed by atoms with Crippen LogP contribution >= 0.6 is 27.5 Å². The Morgan fingerprint density at radius 1 is 1.20 bits per heavy atom. The first kappa shape index (κ1) is 30.2. The number of benzene rings is 2. The minimum absolute atomic E-state index is 0.0664. The van der Waals surface area contributed by atoms with Crippen molar-refractivity contribution in [3.63, 3.8) is 0 Å². The van der Waals surface area contributed by atoms with Crippen molar-refractivity contribution in [2.75, 3.05) is 24.5 Å². The third-order valence-electron chi connectivity index (χ3n) is 7.15. The number of hydrogen-bond acceptors (Lipinski definition) is 5. The van der Waals surface area contributed by atoms with Crippen molar-refractivity contribution in [3.8, 4) is 0 Å². The predicted octanol–water partition coefficient (Wildman–Crippen LogP) is 7.63. The zero-order chi connectivity index (χ0) is 28.8. The smallest absolute Gasteiger partial charge is 0.309 e. The number of carbonyl (C=O) groups is 2. The van der Waals surface area contributed by atoms with Crippen molar-refractivity contribution in [1.29, 1.82) is 0 Å². The topological polar surface area (TPSA) is 71.5 Å². The van der Waals surface area contributed by atoms with Gasteiger partial charge in [-0.1, -0.05) is 40.5 Å². The van der Waals surface area contributed by atoms with Crippen LogP contribution < -0.4 is 10.2 Å². The Hall–Kier alpha value is -2.78. The number of fused-ring (bicyclic) bond motifs is 1. The van der Waals surface area contributed by atoms with Gasteiger partial charge in [0.1, 0.15) is 11.6 Å². The van der Waals surface area contributed by atoms with Crippen LogP contribution in [0.5, 0.6) is 0 Å². The highest BCUT2D eigenvalue weighted by Gasteiger charge is 2.27. The lowest BCUT2D eigenvalue weighted by Gasteiger charge is -2.30. The molecule has 1 N–H and O–H groups in total. The van der Waals surface area contributed by atoms with E-state index in [2.05, 4.69) is 26.1 Å². The van der Waals surface area contributed by atoms with Crippen molar-refractivity contribution >= 4 is 56.1 Å². The van der Waals surface area contributed by atoms with E-state index in [1.165, 1.54) is 18.2 Å². The molecule has 1 saturated heterocycles. The van der Waals surface area contributed by atoms with Gasteiger partial charge >= 0.3 is 5.97 Å². The summed E-state index contributed by atoms with van der Waals surface area (Å²) in [7, 11) is 0. The average Bonchev–Trinajstić information content (AvgIpc) is 2.91. The second kappa shape index (κ2) is 13.7. The molecule has 1 aromatic heterocycles. The van der Waals surface area contributed by atoms with E-state index in [0.717, 1.165) is 48.2 Å². The maximum atomic E-state index is 14.9. The third kappa shape index (κ3) is 7.10. The van der Waals surface area contributed by atoms with E-state index < -0.39 is 24.1 Å². The van der Waals surface area contributed by atoms with Gasteiger partial charge in [-0.3, -0.25) is 9.59 Å². The molecule has 0 bridgehead atoms. The molecule has 0 aliphatic carbocycles. The molecule has 1 aliphatic heterocycles. The summed E-state index contributed by atoms with van der Waals surface area (Å²) in [6.45, 7) is 5.26. The van der Waals surface area contributed by atoms with E-state index in [0.29, 0.717) is 22.9 Å². The number of pyridine rings is 1. The molecule has 2 unspecified atom stereocenters. The summed E-state index contributed by atoms with van der Waals surface area (Å²) in [5, 5.41) is 3.67. The van der Waals surface area contributed by atoms with Crippen LogP contribution in [0.2, 0.25) is 5.02 Å².